The van der Waals surface area contributed by atoms with Gasteiger partial charge in [-0.3, -0.25) is 4.90 Å². The highest BCUT2D eigenvalue weighted by molar-refractivity contribution is 5.51. The number of nitrogens with zero attached hydrogens (tertiary/aromatic N) is 5. The van der Waals surface area contributed by atoms with E-state index in [4.69, 9.17) is 18.7 Å². The Bertz CT molecular complexity index is 908. The zero-order valence-corrected chi connectivity index (χ0v) is 15.4. The van der Waals surface area contributed by atoms with Crippen molar-refractivity contribution < 1.29 is 13.7 Å². The minimum atomic E-state index is -0.115. The minimum Gasteiger partial charge on any atom is -0.472 e. The van der Waals surface area contributed by atoms with Crippen molar-refractivity contribution in [1.82, 2.24) is 24.6 Å². The molecule has 1 spiro atoms. The van der Waals surface area contributed by atoms with Crippen LogP contribution >= 0.6 is 0 Å². The fraction of sp³-hybridized carbons (Fsp3) is 0.526. The van der Waals surface area contributed by atoms with Gasteiger partial charge >= 0.3 is 0 Å². The molecule has 142 valence electrons. The summed E-state index contributed by atoms with van der Waals surface area (Å²) in [7, 11) is 0. The molecule has 2 aliphatic heterocycles. The van der Waals surface area contributed by atoms with E-state index in [1.54, 1.807) is 12.5 Å². The minimum absolute atomic E-state index is 0.115. The van der Waals surface area contributed by atoms with E-state index in [2.05, 4.69) is 26.5 Å². The Hall–Kier alpha value is -2.45. The normalized spacial score (nSPS) is 19.4. The SMILES string of the molecule is CCn1cnc2c1CCN(Cc1nc(-c3ccoc3)no1)C21CCOCC1. The van der Waals surface area contributed by atoms with Crippen molar-refractivity contribution in [2.75, 3.05) is 19.8 Å². The van der Waals surface area contributed by atoms with Crippen molar-refractivity contribution in [1.29, 1.82) is 0 Å². The van der Waals surface area contributed by atoms with Gasteiger partial charge in [0.15, 0.2) is 0 Å². The lowest BCUT2D eigenvalue weighted by molar-refractivity contribution is -0.0488. The molecular weight excluding hydrogens is 346 g/mol. The first-order chi connectivity index (χ1) is 13.3. The van der Waals surface area contributed by atoms with Crippen LogP contribution in [0.15, 0.2) is 33.9 Å². The third-order valence-corrected chi connectivity index (χ3v) is 5.85. The molecule has 3 aromatic rings. The maximum absolute atomic E-state index is 5.67. The fourth-order valence-corrected chi connectivity index (χ4v) is 4.42. The zero-order chi connectivity index (χ0) is 18.3. The van der Waals surface area contributed by atoms with Crippen molar-refractivity contribution in [3.63, 3.8) is 0 Å². The largest absolute Gasteiger partial charge is 0.472 e. The molecule has 0 amide bonds. The summed E-state index contributed by atoms with van der Waals surface area (Å²) in [6.07, 6.45) is 8.06. The van der Waals surface area contributed by atoms with Crippen LogP contribution in [0.4, 0.5) is 0 Å². The van der Waals surface area contributed by atoms with Gasteiger partial charge in [-0.25, -0.2) is 4.98 Å². The Balaban J connectivity index is 1.46. The fourth-order valence-electron chi connectivity index (χ4n) is 4.42. The van der Waals surface area contributed by atoms with Gasteiger partial charge in [0, 0.05) is 38.4 Å². The number of ether oxygens (including phenoxy) is 1. The molecule has 2 aliphatic rings. The molecule has 5 heterocycles. The second-order valence-corrected chi connectivity index (χ2v) is 7.17. The molecule has 0 aliphatic carbocycles. The second-order valence-electron chi connectivity index (χ2n) is 7.17. The molecule has 8 heteroatoms. The van der Waals surface area contributed by atoms with Gasteiger partial charge in [-0.05, 0) is 25.8 Å². The van der Waals surface area contributed by atoms with Gasteiger partial charge in [-0.15, -0.1) is 0 Å². The topological polar surface area (TPSA) is 82.4 Å². The summed E-state index contributed by atoms with van der Waals surface area (Å²) in [5, 5.41) is 4.10. The van der Waals surface area contributed by atoms with Crippen LogP contribution in [0.3, 0.4) is 0 Å². The number of furan rings is 1. The molecule has 0 atom stereocenters. The van der Waals surface area contributed by atoms with E-state index in [0.717, 1.165) is 51.1 Å². The van der Waals surface area contributed by atoms with Gasteiger partial charge < -0.3 is 18.2 Å². The van der Waals surface area contributed by atoms with Crippen LogP contribution in [-0.4, -0.2) is 44.4 Å². The summed E-state index contributed by atoms with van der Waals surface area (Å²) in [6, 6.07) is 1.83. The monoisotopic (exact) mass is 369 g/mol. The summed E-state index contributed by atoms with van der Waals surface area (Å²) < 4.78 is 18.6. The van der Waals surface area contributed by atoms with Crippen LogP contribution in [0.1, 0.15) is 37.0 Å². The zero-order valence-electron chi connectivity index (χ0n) is 15.4. The van der Waals surface area contributed by atoms with Crippen molar-refractivity contribution in [3.8, 4) is 11.4 Å². The van der Waals surface area contributed by atoms with Crippen molar-refractivity contribution in [2.24, 2.45) is 0 Å². The number of aryl methyl sites for hydroxylation is 1. The molecule has 1 fully saturated rings. The van der Waals surface area contributed by atoms with Crippen LogP contribution < -0.4 is 0 Å². The molecule has 0 N–H and O–H groups in total. The number of fused-ring (bicyclic) bond motifs is 2. The van der Waals surface area contributed by atoms with Crippen molar-refractivity contribution in [2.45, 2.75) is 44.8 Å². The molecule has 0 radical (unpaired) electrons. The Morgan fingerprint density at radius 3 is 2.93 bits per heavy atom. The first kappa shape index (κ1) is 16.7. The molecule has 3 aromatic heterocycles. The smallest absolute Gasteiger partial charge is 0.241 e. The summed E-state index contributed by atoms with van der Waals surface area (Å²) in [4.78, 5) is 11.9. The third kappa shape index (κ3) is 2.71. The quantitative estimate of drug-likeness (QED) is 0.699. The highest BCUT2D eigenvalue weighted by Crippen LogP contribution is 2.43. The number of imidazole rings is 1. The predicted molar refractivity (Wildman–Crippen MR) is 95.7 cm³/mol. The molecule has 0 saturated carbocycles. The Labute approximate surface area is 157 Å². The van der Waals surface area contributed by atoms with Gasteiger partial charge in [-0.2, -0.15) is 4.98 Å². The Kier molecular flexibility index (Phi) is 4.09. The predicted octanol–water partition coefficient (Wildman–Crippen LogP) is 2.61. The maximum atomic E-state index is 5.67. The van der Waals surface area contributed by atoms with Crippen LogP contribution in [0, 0.1) is 0 Å². The highest BCUT2D eigenvalue weighted by atomic mass is 16.5. The van der Waals surface area contributed by atoms with Crippen LogP contribution in [-0.2, 0) is 29.8 Å². The highest BCUT2D eigenvalue weighted by Gasteiger charge is 2.46. The molecule has 27 heavy (non-hydrogen) atoms. The molecule has 8 nitrogen and oxygen atoms in total. The lowest BCUT2D eigenvalue weighted by Gasteiger charge is -2.48. The number of hydrogen-bond acceptors (Lipinski definition) is 7. The van der Waals surface area contributed by atoms with E-state index in [9.17, 15) is 0 Å². The van der Waals surface area contributed by atoms with Crippen LogP contribution in [0.2, 0.25) is 0 Å². The van der Waals surface area contributed by atoms with E-state index in [1.165, 1.54) is 11.4 Å². The van der Waals surface area contributed by atoms with Crippen LogP contribution in [0.25, 0.3) is 11.4 Å². The molecule has 0 unspecified atom stereocenters. The molecule has 0 aromatic carbocycles. The van der Waals surface area contributed by atoms with E-state index >= 15 is 0 Å². The third-order valence-electron chi connectivity index (χ3n) is 5.85. The summed E-state index contributed by atoms with van der Waals surface area (Å²) in [6.45, 7) is 6.18. The number of hydrogen-bond donors (Lipinski definition) is 0. The van der Waals surface area contributed by atoms with Gasteiger partial charge in [-0.1, -0.05) is 5.16 Å². The summed E-state index contributed by atoms with van der Waals surface area (Å²) in [5.74, 6) is 1.18. The van der Waals surface area contributed by atoms with Crippen molar-refractivity contribution >= 4 is 0 Å². The Morgan fingerprint density at radius 1 is 1.26 bits per heavy atom. The van der Waals surface area contributed by atoms with Gasteiger partial charge in [0.25, 0.3) is 0 Å². The van der Waals surface area contributed by atoms with Gasteiger partial charge in [0.05, 0.1) is 35.9 Å². The lowest BCUT2D eigenvalue weighted by Crippen LogP contribution is -2.53. The van der Waals surface area contributed by atoms with E-state index in [0.29, 0.717) is 18.3 Å². The maximum Gasteiger partial charge on any atom is 0.241 e. The van der Waals surface area contributed by atoms with E-state index in [-0.39, 0.29) is 5.54 Å². The summed E-state index contributed by atoms with van der Waals surface area (Å²) >= 11 is 0. The second kappa shape index (κ2) is 6.61. The standard InChI is InChI=1S/C19H23N5O3/c1-2-23-13-20-17-15(23)3-7-24(19(17)5-9-25-10-6-19)11-16-21-18(22-27-16)14-4-8-26-12-14/h4,8,12-13H,2-3,5-7,9-11H2,1H3. The molecular formula is C19H23N5O3. The number of aromatic nitrogens is 4. The number of rotatable bonds is 4. The average molecular weight is 369 g/mol. The first-order valence-electron chi connectivity index (χ1n) is 9.52. The van der Waals surface area contributed by atoms with Gasteiger partial charge in [0.2, 0.25) is 11.7 Å². The average Bonchev–Trinajstić information content (AvgIpc) is 3.45. The van der Waals surface area contributed by atoms with Crippen molar-refractivity contribution in [3.05, 3.63) is 42.2 Å². The lowest BCUT2D eigenvalue weighted by atomic mass is 9.80. The van der Waals surface area contributed by atoms with E-state index in [1.807, 2.05) is 12.4 Å². The van der Waals surface area contributed by atoms with E-state index < -0.39 is 0 Å². The summed E-state index contributed by atoms with van der Waals surface area (Å²) in [5.41, 5.74) is 3.28. The first-order valence-corrected chi connectivity index (χ1v) is 9.52. The molecule has 5 rings (SSSR count). The molecule has 1 saturated heterocycles. The Morgan fingerprint density at radius 2 is 2.15 bits per heavy atom. The molecule has 0 bridgehead atoms. The van der Waals surface area contributed by atoms with Crippen LogP contribution in [0.5, 0.6) is 0 Å². The van der Waals surface area contributed by atoms with Gasteiger partial charge in [0.1, 0.15) is 6.26 Å².